The van der Waals surface area contributed by atoms with Gasteiger partial charge in [0.2, 0.25) is 0 Å². The third-order valence-electron chi connectivity index (χ3n) is 5.66. The second-order valence-electron chi connectivity index (χ2n) is 7.07. The lowest BCUT2D eigenvalue weighted by molar-refractivity contribution is -0.171. The zero-order chi connectivity index (χ0) is 16.3. The molecule has 0 bridgehead atoms. The number of ether oxygens (including phenoxy) is 3. The molecule has 0 aromatic carbocycles. The number of hydrogen-bond donors (Lipinski definition) is 0. The van der Waals surface area contributed by atoms with Crippen LogP contribution in [0.4, 0.5) is 0 Å². The molecule has 3 fully saturated rings. The molecular formula is C17H29O5P. The molecule has 1 saturated carbocycles. The summed E-state index contributed by atoms with van der Waals surface area (Å²) in [5, 5.41) is 0. The summed E-state index contributed by atoms with van der Waals surface area (Å²) in [6, 6.07) is 0. The van der Waals surface area contributed by atoms with Gasteiger partial charge in [-0.05, 0) is 18.8 Å². The van der Waals surface area contributed by atoms with Crippen LogP contribution in [0.15, 0.2) is 0 Å². The summed E-state index contributed by atoms with van der Waals surface area (Å²) in [5.74, 6) is 0.169. The van der Waals surface area contributed by atoms with Crippen molar-refractivity contribution in [2.75, 3.05) is 13.2 Å². The first kappa shape index (κ1) is 17.6. The van der Waals surface area contributed by atoms with E-state index < -0.39 is 5.79 Å². The van der Waals surface area contributed by atoms with Gasteiger partial charge in [0.15, 0.2) is 5.79 Å². The number of hydrogen-bond acceptors (Lipinski definition) is 5. The number of rotatable bonds is 8. The maximum absolute atomic E-state index is 11.6. The lowest BCUT2D eigenvalue weighted by Gasteiger charge is -2.30. The molecule has 0 radical (unpaired) electrons. The first-order valence-electron chi connectivity index (χ1n) is 9.00. The van der Waals surface area contributed by atoms with Crippen LogP contribution < -0.4 is 0 Å². The Morgan fingerprint density at radius 3 is 2.74 bits per heavy atom. The average molecular weight is 344 g/mol. The number of unbranched alkanes of at least 4 members (excludes halogenated alkanes) is 2. The van der Waals surface area contributed by atoms with Crippen LogP contribution in [-0.4, -0.2) is 37.2 Å². The Hall–Kier alpha value is -0.220. The maximum atomic E-state index is 11.6. The van der Waals surface area contributed by atoms with E-state index >= 15 is 0 Å². The monoisotopic (exact) mass is 344 g/mol. The van der Waals surface area contributed by atoms with Gasteiger partial charge in [0, 0.05) is 34.6 Å². The first-order chi connectivity index (χ1) is 11.2. The number of esters is 1. The van der Waals surface area contributed by atoms with Gasteiger partial charge < -0.3 is 18.7 Å². The van der Waals surface area contributed by atoms with E-state index in [1.54, 1.807) is 0 Å². The second-order valence-corrected chi connectivity index (χ2v) is 7.35. The van der Waals surface area contributed by atoms with Crippen molar-refractivity contribution >= 4 is 15.4 Å². The number of carbonyl (C=O) groups is 1. The molecule has 5 unspecified atom stereocenters. The highest BCUT2D eigenvalue weighted by Crippen LogP contribution is 2.46. The normalized spacial score (nSPS) is 35.5. The van der Waals surface area contributed by atoms with Crippen LogP contribution in [0.1, 0.15) is 58.3 Å². The van der Waals surface area contributed by atoms with Crippen molar-refractivity contribution in [2.45, 2.75) is 76.3 Å². The molecular weight excluding hydrogens is 315 g/mol. The van der Waals surface area contributed by atoms with Gasteiger partial charge in [-0.25, -0.2) is 0 Å². The number of fused-ring (bicyclic) bond motifs is 1. The van der Waals surface area contributed by atoms with E-state index in [0.29, 0.717) is 31.5 Å². The first-order valence-corrected chi connectivity index (χ1v) is 9.47. The van der Waals surface area contributed by atoms with E-state index in [1.807, 2.05) is 0 Å². The second kappa shape index (κ2) is 7.77. The van der Waals surface area contributed by atoms with Gasteiger partial charge in [-0.15, -0.1) is 0 Å². The molecule has 5 atom stereocenters. The SMILES string of the molecule is CCCCCC1(CCC2C(OP)CC3OC(=O)CC32)OCCO1. The molecule has 0 amide bonds. The third kappa shape index (κ3) is 3.89. The smallest absolute Gasteiger partial charge is 0.306 e. The summed E-state index contributed by atoms with van der Waals surface area (Å²) >= 11 is 0. The van der Waals surface area contributed by atoms with Crippen LogP contribution in [0.3, 0.4) is 0 Å². The molecule has 3 rings (SSSR count). The Morgan fingerprint density at radius 1 is 1.26 bits per heavy atom. The van der Waals surface area contributed by atoms with E-state index in [9.17, 15) is 4.79 Å². The molecule has 1 aliphatic carbocycles. The summed E-state index contributed by atoms with van der Waals surface area (Å²) in [6.07, 6.45) is 7.89. The minimum Gasteiger partial charge on any atom is -0.462 e. The van der Waals surface area contributed by atoms with Gasteiger partial charge in [-0.1, -0.05) is 19.8 Å². The molecule has 0 aromatic rings. The zero-order valence-corrected chi connectivity index (χ0v) is 15.2. The summed E-state index contributed by atoms with van der Waals surface area (Å²) in [4.78, 5) is 11.6. The highest BCUT2D eigenvalue weighted by atomic mass is 31.0. The Morgan fingerprint density at radius 2 is 2.04 bits per heavy atom. The fourth-order valence-electron chi connectivity index (χ4n) is 4.46. The van der Waals surface area contributed by atoms with Crippen molar-refractivity contribution in [1.82, 2.24) is 0 Å². The summed E-state index contributed by atoms with van der Waals surface area (Å²) in [5.41, 5.74) is 0. The Balaban J connectivity index is 1.59. The van der Waals surface area contributed by atoms with Crippen molar-refractivity contribution < 1.29 is 23.5 Å². The minimum absolute atomic E-state index is 0.0412. The Labute approximate surface area is 141 Å². The molecule has 6 heteroatoms. The van der Waals surface area contributed by atoms with Crippen LogP contribution >= 0.6 is 9.47 Å². The summed E-state index contributed by atoms with van der Waals surface area (Å²) < 4.78 is 23.0. The predicted molar refractivity (Wildman–Crippen MR) is 88.7 cm³/mol. The third-order valence-corrected chi connectivity index (χ3v) is 6.01. The quantitative estimate of drug-likeness (QED) is 0.384. The molecule has 132 valence electrons. The van der Waals surface area contributed by atoms with Crippen LogP contribution in [0.5, 0.6) is 0 Å². The zero-order valence-electron chi connectivity index (χ0n) is 14.0. The summed E-state index contributed by atoms with van der Waals surface area (Å²) in [6.45, 7) is 3.58. The topological polar surface area (TPSA) is 54.0 Å². The van der Waals surface area contributed by atoms with Gasteiger partial charge in [-0.3, -0.25) is 4.79 Å². The van der Waals surface area contributed by atoms with Gasteiger partial charge in [0.05, 0.1) is 25.7 Å². The molecule has 5 nitrogen and oxygen atoms in total. The largest absolute Gasteiger partial charge is 0.462 e. The summed E-state index contributed by atoms with van der Waals surface area (Å²) in [7, 11) is 2.38. The minimum atomic E-state index is -0.415. The van der Waals surface area contributed by atoms with E-state index in [4.69, 9.17) is 18.7 Å². The van der Waals surface area contributed by atoms with Crippen molar-refractivity contribution in [3.8, 4) is 0 Å². The molecule has 23 heavy (non-hydrogen) atoms. The molecule has 2 aliphatic heterocycles. The lowest BCUT2D eigenvalue weighted by Crippen LogP contribution is -2.32. The predicted octanol–water partition coefficient (Wildman–Crippen LogP) is 3.22. The highest BCUT2D eigenvalue weighted by Gasteiger charge is 2.51. The van der Waals surface area contributed by atoms with Crippen LogP contribution in [0.25, 0.3) is 0 Å². The molecule has 3 aliphatic rings. The lowest BCUT2D eigenvalue weighted by atomic mass is 9.86. The van der Waals surface area contributed by atoms with E-state index in [1.165, 1.54) is 12.8 Å². The Kier molecular flexibility index (Phi) is 5.95. The van der Waals surface area contributed by atoms with E-state index in [2.05, 4.69) is 16.4 Å². The van der Waals surface area contributed by atoms with E-state index in [0.717, 1.165) is 32.1 Å². The fourth-order valence-corrected chi connectivity index (χ4v) is 4.77. The van der Waals surface area contributed by atoms with Crippen LogP contribution in [-0.2, 0) is 23.5 Å². The number of carbonyl (C=O) groups excluding carboxylic acids is 1. The molecule has 2 heterocycles. The highest BCUT2D eigenvalue weighted by molar-refractivity contribution is 7.09. The standard InChI is InChI=1S/C17H29O5P/c1-2-3-4-6-17(19-8-9-20-17)7-5-12-13-10-16(18)21-14(13)11-15(12)22-23/h12-15H,2-11,23H2,1H3. The molecule has 2 saturated heterocycles. The Bertz CT molecular complexity index is 410. The molecule has 0 spiro atoms. The molecule has 0 aromatic heterocycles. The van der Waals surface area contributed by atoms with E-state index in [-0.39, 0.29) is 18.2 Å². The van der Waals surface area contributed by atoms with Crippen molar-refractivity contribution in [3.63, 3.8) is 0 Å². The van der Waals surface area contributed by atoms with Crippen LogP contribution in [0.2, 0.25) is 0 Å². The fraction of sp³-hybridized carbons (Fsp3) is 0.941. The van der Waals surface area contributed by atoms with Crippen molar-refractivity contribution in [2.24, 2.45) is 11.8 Å². The average Bonchev–Trinajstić information content (AvgIpc) is 3.20. The van der Waals surface area contributed by atoms with Crippen molar-refractivity contribution in [3.05, 3.63) is 0 Å². The molecule has 0 N–H and O–H groups in total. The van der Waals surface area contributed by atoms with Gasteiger partial charge in [-0.2, -0.15) is 0 Å². The van der Waals surface area contributed by atoms with Gasteiger partial charge in [0.25, 0.3) is 0 Å². The van der Waals surface area contributed by atoms with Gasteiger partial charge in [0.1, 0.15) is 6.10 Å². The maximum Gasteiger partial charge on any atom is 0.306 e. The van der Waals surface area contributed by atoms with Crippen LogP contribution in [0, 0.1) is 11.8 Å². The van der Waals surface area contributed by atoms with Crippen molar-refractivity contribution in [1.29, 1.82) is 0 Å². The van der Waals surface area contributed by atoms with Gasteiger partial charge >= 0.3 is 5.97 Å².